The van der Waals surface area contributed by atoms with E-state index in [1.54, 1.807) is 29.2 Å². The lowest BCUT2D eigenvalue weighted by Crippen LogP contribution is -2.40. The zero-order chi connectivity index (χ0) is 15.7. The molecule has 3 rings (SSSR count). The van der Waals surface area contributed by atoms with Gasteiger partial charge < -0.3 is 4.90 Å². The van der Waals surface area contributed by atoms with Crippen LogP contribution in [-0.4, -0.2) is 26.6 Å². The predicted molar refractivity (Wildman–Crippen MR) is 85.7 cm³/mol. The van der Waals surface area contributed by atoms with Gasteiger partial charge in [-0.05, 0) is 24.6 Å². The fourth-order valence-corrected chi connectivity index (χ4v) is 4.16. The van der Waals surface area contributed by atoms with Crippen molar-refractivity contribution in [3.05, 3.63) is 59.7 Å². The van der Waals surface area contributed by atoms with Gasteiger partial charge in [-0.25, -0.2) is 8.42 Å². The van der Waals surface area contributed by atoms with Crippen molar-refractivity contribution in [2.24, 2.45) is 0 Å². The molecule has 2 aromatic rings. The molecular formula is C17H17NO3S. The number of para-hydroxylation sites is 1. The van der Waals surface area contributed by atoms with Gasteiger partial charge in [-0.1, -0.05) is 42.0 Å². The van der Waals surface area contributed by atoms with Crippen LogP contribution >= 0.6 is 0 Å². The van der Waals surface area contributed by atoms with Crippen molar-refractivity contribution in [2.45, 2.75) is 18.2 Å². The third-order valence-corrected chi connectivity index (χ3v) is 5.55. The highest BCUT2D eigenvalue weighted by Crippen LogP contribution is 2.30. The Morgan fingerprint density at radius 2 is 1.91 bits per heavy atom. The summed E-state index contributed by atoms with van der Waals surface area (Å²) in [6, 6.07) is 14.5. The van der Waals surface area contributed by atoms with Gasteiger partial charge >= 0.3 is 0 Å². The number of rotatable bonds is 2. The molecule has 1 heterocycles. The Morgan fingerprint density at radius 1 is 1.14 bits per heavy atom. The van der Waals surface area contributed by atoms with Gasteiger partial charge in [0.1, 0.15) is 0 Å². The van der Waals surface area contributed by atoms with E-state index in [9.17, 15) is 13.2 Å². The van der Waals surface area contributed by atoms with Crippen molar-refractivity contribution in [2.75, 3.05) is 17.2 Å². The van der Waals surface area contributed by atoms with Gasteiger partial charge in [0.05, 0.1) is 22.8 Å². The lowest BCUT2D eigenvalue weighted by molar-refractivity contribution is -0.118. The van der Waals surface area contributed by atoms with Gasteiger partial charge in [0.25, 0.3) is 0 Å². The van der Waals surface area contributed by atoms with E-state index >= 15 is 0 Å². The summed E-state index contributed by atoms with van der Waals surface area (Å²) in [6.45, 7) is 2.20. The molecule has 0 saturated heterocycles. The van der Waals surface area contributed by atoms with Crippen molar-refractivity contribution >= 4 is 21.4 Å². The van der Waals surface area contributed by atoms with Crippen LogP contribution < -0.4 is 4.90 Å². The van der Waals surface area contributed by atoms with Gasteiger partial charge in [-0.2, -0.15) is 0 Å². The van der Waals surface area contributed by atoms with Crippen LogP contribution in [0.1, 0.15) is 11.1 Å². The average Bonchev–Trinajstić information content (AvgIpc) is 2.47. The van der Waals surface area contributed by atoms with Gasteiger partial charge in [0, 0.05) is 6.54 Å². The molecule has 1 amide bonds. The molecule has 22 heavy (non-hydrogen) atoms. The molecule has 5 heteroatoms. The Hall–Kier alpha value is -2.14. The Morgan fingerprint density at radius 3 is 2.68 bits per heavy atom. The summed E-state index contributed by atoms with van der Waals surface area (Å²) in [5, 5.41) is 0. The summed E-state index contributed by atoms with van der Waals surface area (Å²) in [6.07, 6.45) is 0.274. The highest BCUT2D eigenvalue weighted by molar-refractivity contribution is 7.91. The van der Waals surface area contributed by atoms with E-state index < -0.39 is 9.84 Å². The summed E-state index contributed by atoms with van der Waals surface area (Å²) < 4.78 is 24.2. The minimum Gasteiger partial charge on any atom is -0.310 e. The second-order valence-electron chi connectivity index (χ2n) is 5.50. The molecule has 0 atom stereocenters. The first-order valence-electron chi connectivity index (χ1n) is 7.15. The van der Waals surface area contributed by atoms with E-state index in [0.717, 1.165) is 11.1 Å². The first-order valence-corrected chi connectivity index (χ1v) is 8.80. The summed E-state index contributed by atoms with van der Waals surface area (Å²) in [4.78, 5) is 14.4. The van der Waals surface area contributed by atoms with Crippen molar-refractivity contribution in [1.29, 1.82) is 0 Å². The monoisotopic (exact) mass is 315 g/mol. The molecule has 0 N–H and O–H groups in total. The average molecular weight is 315 g/mol. The first-order chi connectivity index (χ1) is 10.5. The number of benzene rings is 2. The first kappa shape index (κ1) is 14.8. The third-order valence-electron chi connectivity index (χ3n) is 3.81. The highest BCUT2D eigenvalue weighted by atomic mass is 32.2. The number of amides is 1. The van der Waals surface area contributed by atoms with Crippen LogP contribution in [0.15, 0.2) is 53.4 Å². The van der Waals surface area contributed by atoms with E-state index in [2.05, 4.69) is 0 Å². The molecule has 4 nitrogen and oxygen atoms in total. The van der Waals surface area contributed by atoms with Gasteiger partial charge in [-0.15, -0.1) is 0 Å². The van der Waals surface area contributed by atoms with Crippen molar-refractivity contribution in [3.8, 4) is 0 Å². The molecular weight excluding hydrogens is 298 g/mol. The van der Waals surface area contributed by atoms with Crippen LogP contribution in [0.5, 0.6) is 0 Å². The van der Waals surface area contributed by atoms with Crippen LogP contribution in [0.3, 0.4) is 0 Å². The SMILES string of the molecule is Cc1cccc(CC(=O)N2CCS(=O)(=O)c3ccccc32)c1. The normalized spacial score (nSPS) is 16.1. The molecule has 0 aromatic heterocycles. The maximum atomic E-state index is 12.6. The maximum Gasteiger partial charge on any atom is 0.231 e. The summed E-state index contributed by atoms with van der Waals surface area (Å²) in [5.74, 6) is -0.100. The van der Waals surface area contributed by atoms with Crippen molar-refractivity contribution in [3.63, 3.8) is 0 Å². The number of carbonyl (C=O) groups excluding carboxylic acids is 1. The van der Waals surface area contributed by atoms with Crippen LogP contribution in [0.2, 0.25) is 0 Å². The molecule has 0 fully saturated rings. The molecule has 114 valence electrons. The topological polar surface area (TPSA) is 54.5 Å². The quantitative estimate of drug-likeness (QED) is 0.855. The predicted octanol–water partition coefficient (Wildman–Crippen LogP) is 2.36. The van der Waals surface area contributed by atoms with Gasteiger partial charge in [0.2, 0.25) is 5.91 Å². The molecule has 0 aliphatic carbocycles. The number of carbonyl (C=O) groups is 1. The minimum atomic E-state index is -3.28. The zero-order valence-corrected chi connectivity index (χ0v) is 13.1. The lowest BCUT2D eigenvalue weighted by atomic mass is 10.1. The number of fused-ring (bicyclic) bond motifs is 1. The second kappa shape index (κ2) is 5.57. The Bertz CT molecular complexity index is 827. The Kier molecular flexibility index (Phi) is 3.74. The summed E-state index contributed by atoms with van der Waals surface area (Å²) >= 11 is 0. The van der Waals surface area contributed by atoms with Crippen molar-refractivity contribution < 1.29 is 13.2 Å². The molecule has 0 spiro atoms. The zero-order valence-electron chi connectivity index (χ0n) is 12.3. The molecule has 1 aliphatic rings. The van der Waals surface area contributed by atoms with Crippen LogP contribution in [-0.2, 0) is 21.1 Å². The largest absolute Gasteiger partial charge is 0.310 e. The van der Waals surface area contributed by atoms with E-state index in [4.69, 9.17) is 0 Å². The van der Waals surface area contributed by atoms with Crippen LogP contribution in [0.4, 0.5) is 5.69 Å². The number of hydrogen-bond donors (Lipinski definition) is 0. The molecule has 2 aromatic carbocycles. The number of nitrogens with zero attached hydrogens (tertiary/aromatic N) is 1. The molecule has 0 saturated carbocycles. The number of aryl methyl sites for hydroxylation is 1. The van der Waals surface area contributed by atoms with Crippen LogP contribution in [0, 0.1) is 6.92 Å². The standard InChI is InChI=1S/C17H17NO3S/c1-13-5-4-6-14(11-13)12-17(19)18-9-10-22(20,21)16-8-3-2-7-15(16)18/h2-8,11H,9-10,12H2,1H3. The fraction of sp³-hybridized carbons (Fsp3) is 0.235. The van der Waals surface area contributed by atoms with E-state index in [-0.39, 0.29) is 29.5 Å². The summed E-state index contributed by atoms with van der Waals surface area (Å²) in [5.41, 5.74) is 2.54. The third kappa shape index (κ3) is 2.76. The molecule has 0 radical (unpaired) electrons. The van der Waals surface area contributed by atoms with Gasteiger partial charge in [0.15, 0.2) is 9.84 Å². The maximum absolute atomic E-state index is 12.6. The molecule has 0 bridgehead atoms. The highest BCUT2D eigenvalue weighted by Gasteiger charge is 2.30. The summed E-state index contributed by atoms with van der Waals surface area (Å²) in [7, 11) is -3.28. The minimum absolute atomic E-state index is 0.0242. The molecule has 0 unspecified atom stereocenters. The number of anilines is 1. The Labute approximate surface area is 130 Å². The number of sulfone groups is 1. The van der Waals surface area contributed by atoms with E-state index in [0.29, 0.717) is 5.69 Å². The van der Waals surface area contributed by atoms with Gasteiger partial charge in [-0.3, -0.25) is 4.79 Å². The van der Waals surface area contributed by atoms with E-state index in [1.165, 1.54) is 0 Å². The smallest absolute Gasteiger partial charge is 0.231 e. The molecule has 1 aliphatic heterocycles. The van der Waals surface area contributed by atoms with Crippen molar-refractivity contribution in [1.82, 2.24) is 0 Å². The van der Waals surface area contributed by atoms with Crippen LogP contribution in [0.25, 0.3) is 0 Å². The Balaban J connectivity index is 1.91. The van der Waals surface area contributed by atoms with E-state index in [1.807, 2.05) is 31.2 Å². The number of hydrogen-bond acceptors (Lipinski definition) is 3. The lowest BCUT2D eigenvalue weighted by Gasteiger charge is -2.29. The second-order valence-corrected chi connectivity index (χ2v) is 7.58. The fourth-order valence-electron chi connectivity index (χ4n) is 2.74.